The zero-order valence-electron chi connectivity index (χ0n) is 12.0. The van der Waals surface area contributed by atoms with Crippen LogP contribution >= 0.6 is 11.8 Å². The number of hydrogen-bond acceptors (Lipinski definition) is 5. The first-order valence-corrected chi connectivity index (χ1v) is 8.25. The lowest BCUT2D eigenvalue weighted by atomic mass is 10.1. The summed E-state index contributed by atoms with van der Waals surface area (Å²) in [6, 6.07) is 10.4. The quantitative estimate of drug-likeness (QED) is 0.847. The number of furan rings is 1. The van der Waals surface area contributed by atoms with Crippen molar-refractivity contribution in [1.82, 2.24) is 5.32 Å². The molecule has 0 bridgehead atoms. The van der Waals surface area contributed by atoms with Crippen LogP contribution in [-0.4, -0.2) is 19.1 Å². The Morgan fingerprint density at radius 1 is 1.24 bits per heavy atom. The molecule has 1 aromatic heterocycles. The van der Waals surface area contributed by atoms with Crippen LogP contribution in [0.1, 0.15) is 24.3 Å². The molecular formula is C16H19NO3S. The summed E-state index contributed by atoms with van der Waals surface area (Å²) in [5, 5.41) is 3.52. The summed E-state index contributed by atoms with van der Waals surface area (Å²) in [5.41, 5.74) is 1.23. The van der Waals surface area contributed by atoms with Crippen LogP contribution in [0.2, 0.25) is 0 Å². The zero-order valence-corrected chi connectivity index (χ0v) is 12.8. The molecule has 0 saturated heterocycles. The highest BCUT2D eigenvalue weighted by atomic mass is 32.2. The summed E-state index contributed by atoms with van der Waals surface area (Å²) in [6.45, 7) is 3.37. The molecule has 2 aromatic rings. The van der Waals surface area contributed by atoms with Crippen LogP contribution in [0.15, 0.2) is 41.0 Å². The molecule has 3 rings (SSSR count). The van der Waals surface area contributed by atoms with Crippen molar-refractivity contribution < 1.29 is 13.9 Å². The maximum absolute atomic E-state index is 5.46. The summed E-state index contributed by atoms with van der Waals surface area (Å²) in [6.07, 6.45) is 1.72. The van der Waals surface area contributed by atoms with Crippen molar-refractivity contribution in [2.24, 2.45) is 0 Å². The van der Waals surface area contributed by atoms with E-state index in [0.29, 0.717) is 12.8 Å². The second-order valence-electron chi connectivity index (χ2n) is 4.82. The van der Waals surface area contributed by atoms with E-state index in [9.17, 15) is 0 Å². The molecule has 0 radical (unpaired) electrons. The van der Waals surface area contributed by atoms with Gasteiger partial charge in [0.2, 0.25) is 6.79 Å². The Bertz CT molecular complexity index is 571. The highest BCUT2D eigenvalue weighted by molar-refractivity contribution is 7.98. The molecule has 0 aliphatic carbocycles. The summed E-state index contributed by atoms with van der Waals surface area (Å²) in [4.78, 5) is 0. The third-order valence-electron chi connectivity index (χ3n) is 3.36. The van der Waals surface area contributed by atoms with Crippen molar-refractivity contribution in [3.8, 4) is 11.5 Å². The van der Waals surface area contributed by atoms with E-state index >= 15 is 0 Å². The van der Waals surface area contributed by atoms with E-state index in [1.807, 2.05) is 30.0 Å². The largest absolute Gasteiger partial charge is 0.468 e. The molecule has 0 spiro atoms. The van der Waals surface area contributed by atoms with Crippen LogP contribution in [0.25, 0.3) is 0 Å². The topological polar surface area (TPSA) is 43.6 Å². The molecule has 0 fully saturated rings. The Hall–Kier alpha value is -1.59. The lowest BCUT2D eigenvalue weighted by Crippen LogP contribution is -2.23. The predicted molar refractivity (Wildman–Crippen MR) is 83.9 cm³/mol. The minimum absolute atomic E-state index is 0.296. The summed E-state index contributed by atoms with van der Waals surface area (Å²) in [7, 11) is 0. The molecule has 5 heteroatoms. The molecular weight excluding hydrogens is 286 g/mol. The molecule has 112 valence electrons. The van der Waals surface area contributed by atoms with Gasteiger partial charge in [-0.2, -0.15) is 11.8 Å². The molecule has 1 aliphatic rings. The van der Waals surface area contributed by atoms with E-state index in [-0.39, 0.29) is 0 Å². The molecule has 2 heterocycles. The molecule has 1 N–H and O–H groups in total. The second kappa shape index (κ2) is 6.91. The normalized spacial score (nSPS) is 14.3. The van der Waals surface area contributed by atoms with Crippen LogP contribution in [0.5, 0.6) is 11.5 Å². The SMILES string of the molecule is CCNC(CSCc1ccco1)c1ccc2c(c1)OCO2. The smallest absolute Gasteiger partial charge is 0.231 e. The van der Waals surface area contributed by atoms with Gasteiger partial charge in [0.05, 0.1) is 12.0 Å². The number of rotatable bonds is 7. The summed E-state index contributed by atoms with van der Waals surface area (Å²) >= 11 is 1.86. The summed E-state index contributed by atoms with van der Waals surface area (Å²) in [5.74, 6) is 4.55. The van der Waals surface area contributed by atoms with Crippen molar-refractivity contribution >= 4 is 11.8 Å². The van der Waals surface area contributed by atoms with Gasteiger partial charge >= 0.3 is 0 Å². The van der Waals surface area contributed by atoms with Gasteiger partial charge in [-0.1, -0.05) is 13.0 Å². The van der Waals surface area contributed by atoms with Gasteiger partial charge in [-0.3, -0.25) is 0 Å². The average Bonchev–Trinajstić information content (AvgIpc) is 3.16. The molecule has 1 atom stereocenters. The number of nitrogens with one attached hydrogen (secondary N) is 1. The van der Waals surface area contributed by atoms with Gasteiger partial charge in [-0.25, -0.2) is 0 Å². The lowest BCUT2D eigenvalue weighted by Gasteiger charge is -2.18. The van der Waals surface area contributed by atoms with Gasteiger partial charge < -0.3 is 19.2 Å². The van der Waals surface area contributed by atoms with Gasteiger partial charge in [-0.05, 0) is 36.4 Å². The third kappa shape index (κ3) is 3.54. The Labute approximate surface area is 128 Å². The molecule has 0 amide bonds. The Kier molecular flexibility index (Phi) is 4.72. The Morgan fingerprint density at radius 2 is 2.14 bits per heavy atom. The standard InChI is InChI=1S/C16H19NO3S/c1-2-17-14(10-21-9-13-4-3-7-18-13)12-5-6-15-16(8-12)20-11-19-15/h3-8,14,17H,2,9-11H2,1H3. The first kappa shape index (κ1) is 14.4. The molecule has 1 aromatic carbocycles. The number of benzene rings is 1. The van der Waals surface area contributed by atoms with Crippen LogP contribution < -0.4 is 14.8 Å². The van der Waals surface area contributed by atoms with E-state index in [2.05, 4.69) is 24.4 Å². The molecule has 4 nitrogen and oxygen atoms in total. The minimum atomic E-state index is 0.296. The van der Waals surface area contributed by atoms with E-state index in [1.54, 1.807) is 6.26 Å². The Balaban J connectivity index is 1.63. The highest BCUT2D eigenvalue weighted by Crippen LogP contribution is 2.35. The van der Waals surface area contributed by atoms with E-state index < -0.39 is 0 Å². The van der Waals surface area contributed by atoms with Gasteiger partial charge in [0.15, 0.2) is 11.5 Å². The maximum Gasteiger partial charge on any atom is 0.231 e. The van der Waals surface area contributed by atoms with Crippen molar-refractivity contribution in [2.45, 2.75) is 18.7 Å². The van der Waals surface area contributed by atoms with Gasteiger partial charge in [0.25, 0.3) is 0 Å². The van der Waals surface area contributed by atoms with Crippen LogP contribution in [0.3, 0.4) is 0 Å². The number of thioether (sulfide) groups is 1. The fraction of sp³-hybridized carbons (Fsp3) is 0.375. The van der Waals surface area contributed by atoms with Gasteiger partial charge in [0, 0.05) is 11.8 Å². The molecule has 21 heavy (non-hydrogen) atoms. The fourth-order valence-corrected chi connectivity index (χ4v) is 3.35. The maximum atomic E-state index is 5.46. The first-order valence-electron chi connectivity index (χ1n) is 7.10. The van der Waals surface area contributed by atoms with Crippen molar-refractivity contribution in [3.05, 3.63) is 47.9 Å². The highest BCUT2D eigenvalue weighted by Gasteiger charge is 2.17. The average molecular weight is 305 g/mol. The van der Waals surface area contributed by atoms with Crippen LogP contribution in [0.4, 0.5) is 0 Å². The molecule has 1 unspecified atom stereocenters. The third-order valence-corrected chi connectivity index (χ3v) is 4.42. The first-order chi connectivity index (χ1) is 10.4. The molecule has 1 aliphatic heterocycles. The van der Waals surface area contributed by atoms with Crippen molar-refractivity contribution in [1.29, 1.82) is 0 Å². The van der Waals surface area contributed by atoms with Crippen LogP contribution in [-0.2, 0) is 5.75 Å². The Morgan fingerprint density at radius 3 is 2.95 bits per heavy atom. The van der Waals surface area contributed by atoms with E-state index in [1.165, 1.54) is 5.56 Å². The number of fused-ring (bicyclic) bond motifs is 1. The lowest BCUT2D eigenvalue weighted by molar-refractivity contribution is 0.174. The number of ether oxygens (including phenoxy) is 2. The van der Waals surface area contributed by atoms with Crippen molar-refractivity contribution in [2.75, 3.05) is 19.1 Å². The monoisotopic (exact) mass is 305 g/mol. The predicted octanol–water partition coefficient (Wildman–Crippen LogP) is 3.59. The van der Waals surface area contributed by atoms with Gasteiger partial charge in [0.1, 0.15) is 5.76 Å². The number of hydrogen-bond donors (Lipinski definition) is 1. The minimum Gasteiger partial charge on any atom is -0.468 e. The van der Waals surface area contributed by atoms with Gasteiger partial charge in [-0.15, -0.1) is 0 Å². The van der Waals surface area contributed by atoms with E-state index in [0.717, 1.165) is 35.3 Å². The fourth-order valence-electron chi connectivity index (χ4n) is 2.32. The summed E-state index contributed by atoms with van der Waals surface area (Å²) < 4.78 is 16.2. The molecule has 0 saturated carbocycles. The van der Waals surface area contributed by atoms with E-state index in [4.69, 9.17) is 13.9 Å². The second-order valence-corrected chi connectivity index (χ2v) is 5.85. The van der Waals surface area contributed by atoms with Crippen LogP contribution in [0, 0.1) is 0 Å². The zero-order chi connectivity index (χ0) is 14.5. The van der Waals surface area contributed by atoms with Crippen molar-refractivity contribution in [3.63, 3.8) is 0 Å².